The zero-order valence-electron chi connectivity index (χ0n) is 15.5. The molecule has 1 N–H and O–H groups in total. The fourth-order valence-corrected chi connectivity index (χ4v) is 5.28. The lowest BCUT2D eigenvalue weighted by molar-refractivity contribution is 0.0179. The first-order valence-corrected chi connectivity index (χ1v) is 11.7. The Morgan fingerprint density at radius 3 is 2.61 bits per heavy atom. The zero-order chi connectivity index (χ0) is 19.4. The average Bonchev–Trinajstić information content (AvgIpc) is 3.13. The number of benzene rings is 1. The van der Waals surface area contributed by atoms with E-state index in [4.69, 9.17) is 14.2 Å². The minimum absolute atomic E-state index is 0.0147. The van der Waals surface area contributed by atoms with Crippen molar-refractivity contribution in [2.24, 2.45) is 0 Å². The Balaban J connectivity index is 1.51. The number of thiophene rings is 1. The molecule has 2 aromatic rings. The molecule has 0 saturated carbocycles. The summed E-state index contributed by atoms with van der Waals surface area (Å²) in [6.45, 7) is 4.29. The molecule has 28 heavy (non-hydrogen) atoms. The summed E-state index contributed by atoms with van der Waals surface area (Å²) in [5.74, 6) is 1.06. The minimum Gasteiger partial charge on any atom is -0.490 e. The third-order valence-corrected chi connectivity index (χ3v) is 7.25. The second kappa shape index (κ2) is 8.79. The van der Waals surface area contributed by atoms with Gasteiger partial charge >= 0.3 is 0 Å². The summed E-state index contributed by atoms with van der Waals surface area (Å²) in [6.07, 6.45) is 0.775. The number of nitrogens with zero attached hydrogens (tertiary/aromatic N) is 1. The van der Waals surface area contributed by atoms with Crippen molar-refractivity contribution in [1.82, 2.24) is 9.62 Å². The van der Waals surface area contributed by atoms with Crippen LogP contribution in [-0.4, -0.2) is 59.4 Å². The van der Waals surface area contributed by atoms with Gasteiger partial charge in [0.2, 0.25) is 10.0 Å². The van der Waals surface area contributed by atoms with Gasteiger partial charge in [-0.1, -0.05) is 6.07 Å². The second-order valence-corrected chi connectivity index (χ2v) is 9.44. The summed E-state index contributed by atoms with van der Waals surface area (Å²) in [4.78, 5) is 3.60. The molecule has 3 heterocycles. The van der Waals surface area contributed by atoms with E-state index in [2.05, 4.69) is 9.62 Å². The van der Waals surface area contributed by atoms with Crippen LogP contribution in [0.3, 0.4) is 0 Å². The van der Waals surface area contributed by atoms with Gasteiger partial charge in [-0.25, -0.2) is 13.1 Å². The molecule has 1 atom stereocenters. The summed E-state index contributed by atoms with van der Waals surface area (Å²) < 4.78 is 45.3. The lowest BCUT2D eigenvalue weighted by Crippen LogP contribution is -2.43. The maximum absolute atomic E-state index is 12.9. The first-order valence-electron chi connectivity index (χ1n) is 9.38. The van der Waals surface area contributed by atoms with Crippen LogP contribution in [0, 0.1) is 0 Å². The van der Waals surface area contributed by atoms with Crippen molar-refractivity contribution < 1.29 is 22.6 Å². The largest absolute Gasteiger partial charge is 0.490 e. The normalized spacial score (nSPS) is 19.1. The van der Waals surface area contributed by atoms with Gasteiger partial charge in [-0.3, -0.25) is 4.90 Å². The molecule has 0 spiro atoms. The van der Waals surface area contributed by atoms with Crippen molar-refractivity contribution >= 4 is 21.4 Å². The summed E-state index contributed by atoms with van der Waals surface area (Å²) in [7, 11) is -3.67. The number of sulfonamides is 1. The first kappa shape index (κ1) is 19.7. The van der Waals surface area contributed by atoms with E-state index in [1.54, 1.807) is 23.5 Å². The van der Waals surface area contributed by atoms with Gasteiger partial charge in [0.15, 0.2) is 11.5 Å². The van der Waals surface area contributed by atoms with Gasteiger partial charge in [0.25, 0.3) is 0 Å². The van der Waals surface area contributed by atoms with Crippen molar-refractivity contribution in [3.05, 3.63) is 40.6 Å². The van der Waals surface area contributed by atoms with Crippen LogP contribution in [0.1, 0.15) is 17.3 Å². The highest BCUT2D eigenvalue weighted by atomic mass is 32.2. The lowest BCUT2D eigenvalue weighted by Gasteiger charge is -2.34. The molecule has 152 valence electrons. The first-order chi connectivity index (χ1) is 13.6. The van der Waals surface area contributed by atoms with Crippen LogP contribution in [-0.2, 0) is 14.8 Å². The fourth-order valence-electron chi connectivity index (χ4n) is 3.36. The number of rotatable bonds is 6. The third kappa shape index (κ3) is 4.49. The van der Waals surface area contributed by atoms with Crippen LogP contribution < -0.4 is 14.2 Å². The van der Waals surface area contributed by atoms with E-state index in [-0.39, 0.29) is 10.9 Å². The Bertz CT molecular complexity index is 880. The van der Waals surface area contributed by atoms with Gasteiger partial charge in [0, 0.05) is 37.0 Å². The maximum atomic E-state index is 12.9. The summed E-state index contributed by atoms with van der Waals surface area (Å²) in [6, 6.07) is 8.79. The molecule has 0 radical (unpaired) electrons. The van der Waals surface area contributed by atoms with Gasteiger partial charge < -0.3 is 14.2 Å². The van der Waals surface area contributed by atoms with Crippen LogP contribution in [0.5, 0.6) is 11.5 Å². The Morgan fingerprint density at radius 2 is 1.86 bits per heavy atom. The molecule has 1 aromatic heterocycles. The van der Waals surface area contributed by atoms with Gasteiger partial charge in [-0.05, 0) is 23.6 Å². The van der Waals surface area contributed by atoms with Gasteiger partial charge in [0.1, 0.15) is 0 Å². The van der Waals surface area contributed by atoms with Crippen LogP contribution in [0.15, 0.2) is 40.6 Å². The van der Waals surface area contributed by atoms with E-state index in [0.29, 0.717) is 44.5 Å². The number of ether oxygens (including phenoxy) is 3. The van der Waals surface area contributed by atoms with E-state index < -0.39 is 10.0 Å². The SMILES string of the molecule is O=S(=O)(NC[C@H](c1cccs1)N1CCOCC1)c1ccc2c(c1)OCCCO2. The summed E-state index contributed by atoms with van der Waals surface area (Å²) >= 11 is 1.64. The molecule has 2 aliphatic rings. The van der Waals surface area contributed by atoms with Crippen LogP contribution in [0.4, 0.5) is 0 Å². The predicted molar refractivity (Wildman–Crippen MR) is 107 cm³/mol. The molecule has 0 unspecified atom stereocenters. The molecule has 2 aliphatic heterocycles. The fraction of sp³-hybridized carbons (Fsp3) is 0.474. The van der Waals surface area contributed by atoms with Crippen molar-refractivity contribution in [3.8, 4) is 11.5 Å². The number of fused-ring (bicyclic) bond motifs is 1. The summed E-state index contributed by atoms with van der Waals surface area (Å²) in [5.41, 5.74) is 0. The van der Waals surface area contributed by atoms with E-state index in [1.807, 2.05) is 17.5 Å². The number of hydrogen-bond donors (Lipinski definition) is 1. The quantitative estimate of drug-likeness (QED) is 0.767. The molecule has 7 nitrogen and oxygen atoms in total. The van der Waals surface area contributed by atoms with Gasteiger partial charge in [-0.15, -0.1) is 11.3 Å². The molecule has 1 aromatic carbocycles. The molecule has 0 aliphatic carbocycles. The monoisotopic (exact) mass is 424 g/mol. The molecular formula is C19H24N2O5S2. The third-order valence-electron chi connectivity index (χ3n) is 4.85. The van der Waals surface area contributed by atoms with E-state index in [9.17, 15) is 8.42 Å². The topological polar surface area (TPSA) is 77.1 Å². The number of nitrogens with one attached hydrogen (secondary N) is 1. The Morgan fingerprint density at radius 1 is 1.07 bits per heavy atom. The van der Waals surface area contributed by atoms with Crippen molar-refractivity contribution in [2.75, 3.05) is 46.1 Å². The van der Waals surface area contributed by atoms with E-state index >= 15 is 0 Å². The maximum Gasteiger partial charge on any atom is 0.240 e. The second-order valence-electron chi connectivity index (χ2n) is 6.69. The molecular weight excluding hydrogens is 400 g/mol. The Hall–Kier alpha value is -1.65. The highest BCUT2D eigenvalue weighted by molar-refractivity contribution is 7.89. The predicted octanol–water partition coefficient (Wildman–Crippen LogP) is 2.26. The molecule has 0 bridgehead atoms. The average molecular weight is 425 g/mol. The van der Waals surface area contributed by atoms with Crippen molar-refractivity contribution in [3.63, 3.8) is 0 Å². The smallest absolute Gasteiger partial charge is 0.240 e. The van der Waals surface area contributed by atoms with Crippen LogP contribution in [0.25, 0.3) is 0 Å². The van der Waals surface area contributed by atoms with Gasteiger partial charge in [-0.2, -0.15) is 0 Å². The van der Waals surface area contributed by atoms with Gasteiger partial charge in [0.05, 0.1) is 37.4 Å². The molecule has 1 saturated heterocycles. The Labute approximate surface area is 169 Å². The number of morpholine rings is 1. The molecule has 4 rings (SSSR count). The highest BCUT2D eigenvalue weighted by Gasteiger charge is 2.26. The zero-order valence-corrected chi connectivity index (χ0v) is 17.1. The van der Waals surface area contributed by atoms with Crippen molar-refractivity contribution in [1.29, 1.82) is 0 Å². The summed E-state index contributed by atoms with van der Waals surface area (Å²) in [5, 5.41) is 2.01. The standard InChI is InChI=1S/C19H24N2O5S2/c22-28(23,15-4-5-17-18(13-15)26-9-2-8-25-17)20-14-16(19-3-1-12-27-19)21-6-10-24-11-7-21/h1,3-5,12-13,16,20H,2,6-11,14H2/t16-/m1/s1. The van der Waals surface area contributed by atoms with E-state index in [1.165, 1.54) is 6.07 Å². The molecule has 0 amide bonds. The lowest BCUT2D eigenvalue weighted by atomic mass is 10.2. The molecule has 9 heteroatoms. The van der Waals surface area contributed by atoms with E-state index in [0.717, 1.165) is 24.4 Å². The number of hydrogen-bond acceptors (Lipinski definition) is 7. The van der Waals surface area contributed by atoms with Crippen LogP contribution >= 0.6 is 11.3 Å². The minimum atomic E-state index is -3.67. The molecule has 1 fully saturated rings. The Kier molecular flexibility index (Phi) is 6.17. The van der Waals surface area contributed by atoms with Crippen LogP contribution in [0.2, 0.25) is 0 Å². The highest BCUT2D eigenvalue weighted by Crippen LogP contribution is 2.32. The van der Waals surface area contributed by atoms with Crippen molar-refractivity contribution in [2.45, 2.75) is 17.4 Å².